The zero-order chi connectivity index (χ0) is 26.7. The first-order chi connectivity index (χ1) is 17.5. The molecule has 2 aromatic heterocycles. The number of halogens is 5. The second kappa shape index (κ2) is 10.5. The number of aromatic amines is 1. The summed E-state index contributed by atoms with van der Waals surface area (Å²) in [6, 6.07) is 10.8. The quantitative estimate of drug-likeness (QED) is 0.172. The maximum Gasteiger partial charge on any atom is 0.417 e. The molecule has 0 bridgehead atoms. The van der Waals surface area contributed by atoms with Gasteiger partial charge in [0.2, 0.25) is 5.95 Å². The van der Waals surface area contributed by atoms with Crippen molar-refractivity contribution >= 4 is 63.9 Å². The molecule has 0 aliphatic carbocycles. The molecule has 0 fully saturated rings. The summed E-state index contributed by atoms with van der Waals surface area (Å²) in [4.78, 5) is 21.2. The smallest absolute Gasteiger partial charge is 0.325 e. The van der Waals surface area contributed by atoms with Crippen molar-refractivity contribution in [2.24, 2.45) is 0 Å². The Morgan fingerprint density at radius 2 is 1.62 bits per heavy atom. The van der Waals surface area contributed by atoms with Gasteiger partial charge in [0.25, 0.3) is 0 Å². The second-order valence-electron chi connectivity index (χ2n) is 7.87. The summed E-state index contributed by atoms with van der Waals surface area (Å²) in [6.45, 7) is 3.62. The van der Waals surface area contributed by atoms with E-state index in [2.05, 4.69) is 41.4 Å². The molecule has 4 rings (SSSR count). The number of amides is 2. The molecule has 9 nitrogen and oxygen atoms in total. The SMILES string of the molecule is Cc1cc(Nc2cc(Cl)n[nH]2)nc(Nc2ccc(NC(=O)Nc3ccc(Cl)c(C(F)(F)F)c3)cc2C)n1. The third-order valence-corrected chi connectivity index (χ3v) is 5.45. The highest BCUT2D eigenvalue weighted by atomic mass is 35.5. The maximum atomic E-state index is 13.1. The summed E-state index contributed by atoms with van der Waals surface area (Å²) < 4.78 is 39.2. The fourth-order valence-electron chi connectivity index (χ4n) is 3.30. The van der Waals surface area contributed by atoms with Crippen LogP contribution in [0.15, 0.2) is 48.5 Å². The number of urea groups is 1. The van der Waals surface area contributed by atoms with Crippen molar-refractivity contribution in [3.05, 3.63) is 75.5 Å². The molecule has 0 spiro atoms. The highest BCUT2D eigenvalue weighted by Gasteiger charge is 2.33. The Kier molecular flexibility index (Phi) is 7.41. The zero-order valence-corrected chi connectivity index (χ0v) is 20.8. The lowest BCUT2D eigenvalue weighted by atomic mass is 10.1. The normalized spacial score (nSPS) is 11.2. The van der Waals surface area contributed by atoms with Gasteiger partial charge in [-0.3, -0.25) is 5.10 Å². The van der Waals surface area contributed by atoms with E-state index in [0.29, 0.717) is 39.8 Å². The van der Waals surface area contributed by atoms with Crippen LogP contribution in [0.25, 0.3) is 0 Å². The van der Waals surface area contributed by atoms with E-state index >= 15 is 0 Å². The van der Waals surface area contributed by atoms with Gasteiger partial charge in [-0.25, -0.2) is 9.78 Å². The van der Waals surface area contributed by atoms with Crippen LogP contribution in [-0.2, 0) is 6.18 Å². The largest absolute Gasteiger partial charge is 0.417 e. The molecule has 0 aliphatic rings. The summed E-state index contributed by atoms with van der Waals surface area (Å²) in [6.07, 6.45) is -4.64. The lowest BCUT2D eigenvalue weighted by molar-refractivity contribution is -0.137. The summed E-state index contributed by atoms with van der Waals surface area (Å²) in [5.41, 5.74) is 1.47. The van der Waals surface area contributed by atoms with Crippen LogP contribution in [0.2, 0.25) is 10.2 Å². The molecule has 0 aliphatic heterocycles. The first kappa shape index (κ1) is 26.0. The molecule has 37 heavy (non-hydrogen) atoms. The molecule has 4 aromatic rings. The highest BCUT2D eigenvalue weighted by Crippen LogP contribution is 2.36. The molecule has 0 unspecified atom stereocenters. The minimum absolute atomic E-state index is 0.0531. The number of alkyl halides is 3. The van der Waals surface area contributed by atoms with Crippen LogP contribution in [0.5, 0.6) is 0 Å². The Morgan fingerprint density at radius 1 is 0.919 bits per heavy atom. The molecule has 2 amide bonds. The number of carbonyl (C=O) groups excluding carboxylic acids is 1. The van der Waals surface area contributed by atoms with Crippen LogP contribution >= 0.6 is 23.2 Å². The molecule has 0 saturated carbocycles. The van der Waals surface area contributed by atoms with Gasteiger partial charge in [-0.15, -0.1) is 0 Å². The maximum absolute atomic E-state index is 13.1. The molecular weight excluding hydrogens is 532 g/mol. The first-order valence-corrected chi connectivity index (χ1v) is 11.4. The van der Waals surface area contributed by atoms with Crippen LogP contribution in [-0.4, -0.2) is 26.2 Å². The van der Waals surface area contributed by atoms with Crippen molar-refractivity contribution in [1.29, 1.82) is 0 Å². The third-order valence-electron chi connectivity index (χ3n) is 4.92. The predicted molar refractivity (Wildman–Crippen MR) is 137 cm³/mol. The van der Waals surface area contributed by atoms with Gasteiger partial charge in [0.05, 0.1) is 10.6 Å². The number of anilines is 6. The number of rotatable bonds is 6. The van der Waals surface area contributed by atoms with E-state index in [4.69, 9.17) is 23.2 Å². The van der Waals surface area contributed by atoms with E-state index in [1.165, 1.54) is 6.07 Å². The minimum atomic E-state index is -4.64. The molecule has 192 valence electrons. The summed E-state index contributed by atoms with van der Waals surface area (Å²) >= 11 is 11.4. The highest BCUT2D eigenvalue weighted by molar-refractivity contribution is 6.31. The lowest BCUT2D eigenvalue weighted by Gasteiger charge is -2.14. The average molecular weight is 551 g/mol. The van der Waals surface area contributed by atoms with E-state index in [9.17, 15) is 18.0 Å². The zero-order valence-electron chi connectivity index (χ0n) is 19.3. The number of hydrogen-bond donors (Lipinski definition) is 5. The Labute approximate surface area is 218 Å². The number of benzene rings is 2. The van der Waals surface area contributed by atoms with Crippen molar-refractivity contribution in [1.82, 2.24) is 20.2 Å². The van der Waals surface area contributed by atoms with E-state index in [-0.39, 0.29) is 5.69 Å². The Hall–Kier alpha value is -4.03. The molecule has 14 heteroatoms. The summed E-state index contributed by atoms with van der Waals surface area (Å²) in [5, 5.41) is 17.6. The van der Waals surface area contributed by atoms with E-state index < -0.39 is 22.8 Å². The van der Waals surface area contributed by atoms with Crippen molar-refractivity contribution in [2.75, 3.05) is 21.3 Å². The summed E-state index contributed by atoms with van der Waals surface area (Å²) in [5.74, 6) is 1.41. The number of aromatic nitrogens is 4. The third kappa shape index (κ3) is 6.80. The Balaban J connectivity index is 1.43. The first-order valence-electron chi connectivity index (χ1n) is 10.6. The average Bonchev–Trinajstić information content (AvgIpc) is 3.20. The fraction of sp³-hybridized carbons (Fsp3) is 0.130. The monoisotopic (exact) mass is 550 g/mol. The van der Waals surface area contributed by atoms with Crippen LogP contribution in [0.3, 0.4) is 0 Å². The minimum Gasteiger partial charge on any atom is -0.325 e. The molecule has 5 N–H and O–H groups in total. The number of nitrogens with one attached hydrogen (secondary N) is 5. The second-order valence-corrected chi connectivity index (χ2v) is 8.67. The number of nitrogens with zero attached hydrogens (tertiary/aromatic N) is 3. The van der Waals surface area contributed by atoms with Gasteiger partial charge >= 0.3 is 12.2 Å². The summed E-state index contributed by atoms with van der Waals surface area (Å²) in [7, 11) is 0. The topological polar surface area (TPSA) is 120 Å². The lowest BCUT2D eigenvalue weighted by Crippen LogP contribution is -2.20. The van der Waals surface area contributed by atoms with Crippen LogP contribution in [0.4, 0.5) is 52.6 Å². The van der Waals surface area contributed by atoms with Gasteiger partial charge in [-0.2, -0.15) is 23.3 Å². The molecular formula is C23H19Cl2F3N8O. The number of hydrogen-bond acceptors (Lipinski definition) is 6. The predicted octanol–water partition coefficient (Wildman–Crippen LogP) is 7.27. The van der Waals surface area contributed by atoms with Crippen molar-refractivity contribution < 1.29 is 18.0 Å². The Morgan fingerprint density at radius 3 is 2.27 bits per heavy atom. The van der Waals surface area contributed by atoms with Gasteiger partial charge in [0.1, 0.15) is 11.6 Å². The van der Waals surface area contributed by atoms with Gasteiger partial charge in [0.15, 0.2) is 5.15 Å². The Bertz CT molecular complexity index is 1460. The number of aryl methyl sites for hydroxylation is 2. The van der Waals surface area contributed by atoms with Gasteiger partial charge in [-0.1, -0.05) is 23.2 Å². The number of H-pyrrole nitrogens is 1. The van der Waals surface area contributed by atoms with Crippen LogP contribution in [0, 0.1) is 13.8 Å². The standard InChI is InChI=1S/C23H19Cl2F3N8O/c1-11-7-13(30-22(37)31-14-3-5-16(24)15(9-14)23(26,27)28)4-6-17(11)32-21-29-12(2)8-19(34-21)33-20-10-18(25)35-36-20/h3-10H,1-2H3,(H2,30,31,37)(H3,29,32,33,34,35,36). The van der Waals surface area contributed by atoms with Gasteiger partial charge < -0.3 is 21.3 Å². The van der Waals surface area contributed by atoms with E-state index in [1.54, 1.807) is 30.3 Å². The van der Waals surface area contributed by atoms with Gasteiger partial charge in [0, 0.05) is 34.9 Å². The van der Waals surface area contributed by atoms with E-state index in [1.807, 2.05) is 13.8 Å². The van der Waals surface area contributed by atoms with E-state index in [0.717, 1.165) is 17.7 Å². The van der Waals surface area contributed by atoms with Crippen molar-refractivity contribution in [3.63, 3.8) is 0 Å². The van der Waals surface area contributed by atoms with Gasteiger partial charge in [-0.05, 0) is 55.8 Å². The molecule has 0 atom stereocenters. The molecule has 2 aromatic carbocycles. The van der Waals surface area contributed by atoms with Crippen LogP contribution < -0.4 is 21.3 Å². The van der Waals surface area contributed by atoms with Crippen molar-refractivity contribution in [2.45, 2.75) is 20.0 Å². The fourth-order valence-corrected chi connectivity index (χ4v) is 3.68. The molecule has 2 heterocycles. The molecule has 0 saturated heterocycles. The van der Waals surface area contributed by atoms with Crippen LogP contribution in [0.1, 0.15) is 16.8 Å². The molecule has 0 radical (unpaired) electrons. The van der Waals surface area contributed by atoms with Crippen molar-refractivity contribution in [3.8, 4) is 0 Å². The number of carbonyl (C=O) groups is 1.